The van der Waals surface area contributed by atoms with Gasteiger partial charge in [0.2, 0.25) is 0 Å². The van der Waals surface area contributed by atoms with Gasteiger partial charge in [-0.3, -0.25) is 4.79 Å². The molecular formula is C25H26O4. The van der Waals surface area contributed by atoms with Crippen LogP contribution in [0.5, 0.6) is 11.5 Å². The molecule has 29 heavy (non-hydrogen) atoms. The maximum absolute atomic E-state index is 12.7. The molecule has 0 saturated heterocycles. The molecule has 0 radical (unpaired) electrons. The number of rotatable bonds is 6. The van der Waals surface area contributed by atoms with Gasteiger partial charge >= 0.3 is 0 Å². The fourth-order valence-electron chi connectivity index (χ4n) is 3.26. The number of hydrogen-bond acceptors (Lipinski definition) is 4. The monoisotopic (exact) mass is 390 g/mol. The largest absolute Gasteiger partial charge is 0.507 e. The summed E-state index contributed by atoms with van der Waals surface area (Å²) in [7, 11) is 0. The Kier molecular flexibility index (Phi) is 6.23. The lowest BCUT2D eigenvalue weighted by molar-refractivity contribution is 0.448. The summed E-state index contributed by atoms with van der Waals surface area (Å²) in [6, 6.07) is 11.9. The van der Waals surface area contributed by atoms with Gasteiger partial charge in [0.15, 0.2) is 5.43 Å². The van der Waals surface area contributed by atoms with Gasteiger partial charge in [-0.1, -0.05) is 53.6 Å². The van der Waals surface area contributed by atoms with Crippen molar-refractivity contribution in [3.05, 3.63) is 81.5 Å². The summed E-state index contributed by atoms with van der Waals surface area (Å²) in [5.41, 5.74) is 3.61. The number of phenolic OH excluding ortho intramolecular Hbond substituents is 2. The van der Waals surface area contributed by atoms with E-state index in [-0.39, 0.29) is 27.9 Å². The zero-order chi connectivity index (χ0) is 21.0. The average Bonchev–Trinajstić information content (AvgIpc) is 2.67. The van der Waals surface area contributed by atoms with Gasteiger partial charge in [-0.25, -0.2) is 0 Å². The normalized spacial score (nSPS) is 11.6. The Hall–Kier alpha value is -3.27. The highest BCUT2D eigenvalue weighted by molar-refractivity contribution is 5.89. The molecule has 0 saturated carbocycles. The van der Waals surface area contributed by atoms with Crippen LogP contribution in [0, 0.1) is 0 Å². The van der Waals surface area contributed by atoms with Crippen molar-refractivity contribution in [2.45, 2.75) is 40.0 Å². The molecule has 0 atom stereocenters. The predicted molar refractivity (Wildman–Crippen MR) is 117 cm³/mol. The van der Waals surface area contributed by atoms with Crippen LogP contribution in [0.15, 0.2) is 75.0 Å². The standard InChI is InChI=1S/C25H26O4/c1-16(2)8-7-9-17(3)12-13-19-20(26)14-21(27)24-22(28)15-23(29-25(19)24)18-10-5-4-6-11-18/h4-6,8,10-12,14-15,26-27H,7,9,13H2,1-3H3/b17-12-. The molecule has 0 amide bonds. The van der Waals surface area contributed by atoms with Crippen molar-refractivity contribution in [3.63, 3.8) is 0 Å². The van der Waals surface area contributed by atoms with E-state index in [0.717, 1.165) is 18.4 Å². The molecule has 0 unspecified atom stereocenters. The van der Waals surface area contributed by atoms with Gasteiger partial charge in [0.1, 0.15) is 28.2 Å². The van der Waals surface area contributed by atoms with E-state index < -0.39 is 0 Å². The molecule has 0 bridgehead atoms. The minimum atomic E-state index is -0.340. The van der Waals surface area contributed by atoms with E-state index in [0.29, 0.717) is 17.7 Å². The second kappa shape index (κ2) is 8.82. The van der Waals surface area contributed by atoms with Crippen molar-refractivity contribution in [2.75, 3.05) is 0 Å². The minimum absolute atomic E-state index is 0.0864. The van der Waals surface area contributed by atoms with Crippen LogP contribution >= 0.6 is 0 Å². The van der Waals surface area contributed by atoms with E-state index in [9.17, 15) is 15.0 Å². The van der Waals surface area contributed by atoms with Crippen molar-refractivity contribution in [2.24, 2.45) is 0 Å². The second-order valence-corrected chi connectivity index (χ2v) is 7.51. The van der Waals surface area contributed by atoms with E-state index in [4.69, 9.17) is 4.42 Å². The number of phenols is 2. The molecular weight excluding hydrogens is 364 g/mol. The lowest BCUT2D eigenvalue weighted by atomic mass is 10.0. The third-order valence-corrected chi connectivity index (χ3v) is 4.86. The van der Waals surface area contributed by atoms with E-state index >= 15 is 0 Å². The van der Waals surface area contributed by atoms with E-state index in [2.05, 4.69) is 19.9 Å². The molecule has 2 aromatic carbocycles. The van der Waals surface area contributed by atoms with E-state index in [1.807, 2.05) is 43.3 Å². The first-order valence-electron chi connectivity index (χ1n) is 9.73. The Labute approximate surface area is 170 Å². The van der Waals surface area contributed by atoms with Crippen molar-refractivity contribution >= 4 is 11.0 Å². The lowest BCUT2D eigenvalue weighted by Gasteiger charge is -2.10. The second-order valence-electron chi connectivity index (χ2n) is 7.51. The summed E-state index contributed by atoms with van der Waals surface area (Å²) >= 11 is 0. The molecule has 0 aliphatic heterocycles. The third kappa shape index (κ3) is 4.77. The summed E-state index contributed by atoms with van der Waals surface area (Å²) in [6.45, 7) is 6.20. The Bertz CT molecular complexity index is 1130. The first-order valence-corrected chi connectivity index (χ1v) is 9.73. The van der Waals surface area contributed by atoms with Gasteiger partial charge in [0, 0.05) is 23.3 Å². The molecule has 0 aliphatic carbocycles. The van der Waals surface area contributed by atoms with Crippen LogP contribution in [0.25, 0.3) is 22.3 Å². The Balaban J connectivity index is 2.05. The Morgan fingerprint density at radius 3 is 2.41 bits per heavy atom. The summed E-state index contributed by atoms with van der Waals surface area (Å²) in [5.74, 6) is 0.0363. The molecule has 1 aromatic heterocycles. The molecule has 2 N–H and O–H groups in total. The fraction of sp³-hybridized carbons (Fsp3) is 0.240. The van der Waals surface area contributed by atoms with Crippen LogP contribution in [-0.4, -0.2) is 10.2 Å². The average molecular weight is 390 g/mol. The summed E-state index contributed by atoms with van der Waals surface area (Å²) in [4.78, 5) is 12.7. The zero-order valence-electron chi connectivity index (χ0n) is 17.0. The fourth-order valence-corrected chi connectivity index (χ4v) is 3.26. The molecule has 4 heteroatoms. The number of allylic oxidation sites excluding steroid dienone is 4. The molecule has 3 rings (SSSR count). The van der Waals surface area contributed by atoms with Gasteiger partial charge in [0.05, 0.1) is 0 Å². The lowest BCUT2D eigenvalue weighted by Crippen LogP contribution is -2.03. The van der Waals surface area contributed by atoms with Crippen LogP contribution in [-0.2, 0) is 6.42 Å². The highest BCUT2D eigenvalue weighted by Crippen LogP contribution is 2.35. The van der Waals surface area contributed by atoms with Gasteiger partial charge in [-0.2, -0.15) is 0 Å². The minimum Gasteiger partial charge on any atom is -0.507 e. The maximum atomic E-state index is 12.7. The summed E-state index contributed by atoms with van der Waals surface area (Å²) in [6.07, 6.45) is 6.50. The smallest absolute Gasteiger partial charge is 0.197 e. The van der Waals surface area contributed by atoms with Crippen LogP contribution in [0.4, 0.5) is 0 Å². The Morgan fingerprint density at radius 1 is 1.00 bits per heavy atom. The third-order valence-electron chi connectivity index (χ3n) is 4.86. The first kappa shape index (κ1) is 20.5. The Morgan fingerprint density at radius 2 is 1.72 bits per heavy atom. The highest BCUT2D eigenvalue weighted by Gasteiger charge is 2.17. The number of benzene rings is 2. The van der Waals surface area contributed by atoms with Crippen molar-refractivity contribution in [1.82, 2.24) is 0 Å². The van der Waals surface area contributed by atoms with Gasteiger partial charge < -0.3 is 14.6 Å². The first-order chi connectivity index (χ1) is 13.9. The van der Waals surface area contributed by atoms with E-state index in [1.165, 1.54) is 23.3 Å². The SMILES string of the molecule is CC(C)=CCC/C(C)=C\Cc1c(O)cc(O)c2c(=O)cc(-c3ccccc3)oc12. The van der Waals surface area contributed by atoms with Crippen LogP contribution < -0.4 is 5.43 Å². The predicted octanol–water partition coefficient (Wildman–Crippen LogP) is 6.11. The molecule has 3 aromatic rings. The summed E-state index contributed by atoms with van der Waals surface area (Å²) < 4.78 is 6.01. The molecule has 1 heterocycles. The summed E-state index contributed by atoms with van der Waals surface area (Å²) in [5, 5.41) is 20.8. The number of fused-ring (bicyclic) bond motifs is 1. The van der Waals surface area contributed by atoms with Gasteiger partial charge in [-0.05, 0) is 40.0 Å². The van der Waals surface area contributed by atoms with E-state index in [1.54, 1.807) is 0 Å². The van der Waals surface area contributed by atoms with Crippen LogP contribution in [0.3, 0.4) is 0 Å². The molecule has 4 nitrogen and oxygen atoms in total. The molecule has 0 fully saturated rings. The molecule has 0 aliphatic rings. The van der Waals surface area contributed by atoms with Gasteiger partial charge in [-0.15, -0.1) is 0 Å². The van der Waals surface area contributed by atoms with Crippen LogP contribution in [0.1, 0.15) is 39.2 Å². The number of hydrogen-bond donors (Lipinski definition) is 2. The van der Waals surface area contributed by atoms with Gasteiger partial charge in [0.25, 0.3) is 0 Å². The molecule has 150 valence electrons. The molecule has 0 spiro atoms. The van der Waals surface area contributed by atoms with Crippen molar-refractivity contribution in [3.8, 4) is 22.8 Å². The topological polar surface area (TPSA) is 70.7 Å². The van der Waals surface area contributed by atoms with Crippen molar-refractivity contribution in [1.29, 1.82) is 0 Å². The number of aromatic hydroxyl groups is 2. The van der Waals surface area contributed by atoms with Crippen LogP contribution in [0.2, 0.25) is 0 Å². The maximum Gasteiger partial charge on any atom is 0.197 e. The zero-order valence-corrected chi connectivity index (χ0v) is 17.0. The van der Waals surface area contributed by atoms with Crippen molar-refractivity contribution < 1.29 is 14.6 Å². The quantitative estimate of drug-likeness (QED) is 0.498. The highest BCUT2D eigenvalue weighted by atomic mass is 16.3.